The number of nitro benzene ring substituents is 1. The minimum absolute atomic E-state index is 0.304. The Hall–Kier alpha value is -2.73. The van der Waals surface area contributed by atoms with Crippen LogP contribution in [0, 0.1) is 10.1 Å². The number of nitrogens with one attached hydrogen (secondary N) is 1. The molecule has 150 valence electrons. The van der Waals surface area contributed by atoms with Gasteiger partial charge in [0.1, 0.15) is 12.1 Å². The van der Waals surface area contributed by atoms with Gasteiger partial charge in [0.05, 0.1) is 4.92 Å². The van der Waals surface area contributed by atoms with E-state index in [2.05, 4.69) is 4.72 Å². The fourth-order valence-electron chi connectivity index (χ4n) is 1.95. The molecule has 0 aliphatic rings. The van der Waals surface area contributed by atoms with Gasteiger partial charge >= 0.3 is 12.1 Å². The fraction of sp³-hybridized carbons (Fsp3) is 0.467. The molecule has 11 nitrogen and oxygen atoms in total. The third-order valence-corrected chi connectivity index (χ3v) is 4.51. The smallest absolute Gasteiger partial charge is 0.410 e. The second-order valence-corrected chi connectivity index (χ2v) is 8.15. The first kappa shape index (κ1) is 22.3. The highest BCUT2D eigenvalue weighted by molar-refractivity contribution is 7.89. The van der Waals surface area contributed by atoms with Gasteiger partial charge in [0.2, 0.25) is 10.0 Å². The average Bonchev–Trinajstić information content (AvgIpc) is 2.51. The molecule has 0 heterocycles. The summed E-state index contributed by atoms with van der Waals surface area (Å²) in [5.74, 6) is -1.30. The maximum atomic E-state index is 12.3. The van der Waals surface area contributed by atoms with Gasteiger partial charge in [-0.3, -0.25) is 19.8 Å². The molecular formula is C15H21N3O8S. The number of hydrogen-bond donors (Lipinski definition) is 2. The van der Waals surface area contributed by atoms with Crippen molar-refractivity contribution in [3.05, 3.63) is 34.4 Å². The molecule has 0 radical (unpaired) electrons. The quantitative estimate of drug-likeness (QED) is 0.484. The Kier molecular flexibility index (Phi) is 7.25. The summed E-state index contributed by atoms with van der Waals surface area (Å²) in [4.78, 5) is 33.4. The Morgan fingerprint density at radius 1 is 1.30 bits per heavy atom. The fourth-order valence-corrected chi connectivity index (χ4v) is 3.14. The van der Waals surface area contributed by atoms with E-state index in [1.165, 1.54) is 12.1 Å². The molecule has 1 aromatic carbocycles. The predicted octanol–water partition coefficient (Wildman–Crippen LogP) is 1.19. The van der Waals surface area contributed by atoms with Crippen LogP contribution in [0.15, 0.2) is 29.2 Å². The summed E-state index contributed by atoms with van der Waals surface area (Å²) in [6.07, 6.45) is -0.921. The van der Waals surface area contributed by atoms with E-state index in [0.717, 1.165) is 17.0 Å². The van der Waals surface area contributed by atoms with E-state index in [9.17, 15) is 28.1 Å². The van der Waals surface area contributed by atoms with E-state index in [1.807, 2.05) is 0 Å². The molecule has 0 spiro atoms. The van der Waals surface area contributed by atoms with Crippen LogP contribution in [0.25, 0.3) is 0 Å². The molecule has 0 unspecified atom stereocenters. The predicted molar refractivity (Wildman–Crippen MR) is 93.7 cm³/mol. The number of rotatable bonds is 8. The summed E-state index contributed by atoms with van der Waals surface area (Å²) in [6, 6.07) is 4.78. The number of carboxylic acids is 1. The summed E-state index contributed by atoms with van der Waals surface area (Å²) in [5, 5.41) is 19.9. The Morgan fingerprint density at radius 2 is 1.89 bits per heavy atom. The van der Waals surface area contributed by atoms with Crippen LogP contribution in [0.2, 0.25) is 0 Å². The van der Waals surface area contributed by atoms with Crippen LogP contribution in [0.5, 0.6) is 0 Å². The van der Waals surface area contributed by atoms with Crippen molar-refractivity contribution < 1.29 is 32.8 Å². The number of ether oxygens (including phenoxy) is 1. The van der Waals surface area contributed by atoms with Crippen LogP contribution < -0.4 is 4.72 Å². The molecule has 0 fully saturated rings. The molecule has 1 aromatic rings. The SMILES string of the molecule is CC(C)(C)OC(=O)N(CCNS(=O)(=O)c1ccccc1[N+](=O)[O-])CC(=O)O. The summed E-state index contributed by atoms with van der Waals surface area (Å²) >= 11 is 0. The molecule has 1 rings (SSSR count). The summed E-state index contributed by atoms with van der Waals surface area (Å²) < 4.78 is 31.8. The number of amides is 1. The lowest BCUT2D eigenvalue weighted by Crippen LogP contribution is -2.43. The topological polar surface area (TPSA) is 156 Å². The van der Waals surface area contributed by atoms with Crippen molar-refractivity contribution in [1.29, 1.82) is 0 Å². The number of sulfonamides is 1. The molecule has 12 heteroatoms. The van der Waals surface area contributed by atoms with Crippen molar-refractivity contribution in [3.63, 3.8) is 0 Å². The van der Waals surface area contributed by atoms with Crippen LogP contribution >= 0.6 is 0 Å². The Bertz CT molecular complexity index is 817. The van der Waals surface area contributed by atoms with E-state index in [-0.39, 0.29) is 13.1 Å². The number of carboxylic acid groups (broad SMARTS) is 1. The van der Waals surface area contributed by atoms with E-state index in [4.69, 9.17) is 9.84 Å². The third kappa shape index (κ3) is 7.19. The van der Waals surface area contributed by atoms with Gasteiger partial charge in [0.25, 0.3) is 5.69 Å². The second-order valence-electron chi connectivity index (χ2n) is 6.42. The van der Waals surface area contributed by atoms with Gasteiger partial charge in [0.15, 0.2) is 4.90 Å². The first-order chi connectivity index (χ1) is 12.3. The second kappa shape index (κ2) is 8.77. The van der Waals surface area contributed by atoms with Crippen molar-refractivity contribution in [3.8, 4) is 0 Å². The number of hydrogen-bond acceptors (Lipinski definition) is 7. The van der Waals surface area contributed by atoms with Gasteiger partial charge in [-0.25, -0.2) is 17.9 Å². The highest BCUT2D eigenvalue weighted by atomic mass is 32.2. The lowest BCUT2D eigenvalue weighted by molar-refractivity contribution is -0.387. The molecule has 0 aromatic heterocycles. The first-order valence-corrected chi connectivity index (χ1v) is 9.24. The first-order valence-electron chi connectivity index (χ1n) is 7.76. The number of nitro groups is 1. The number of benzene rings is 1. The molecule has 0 atom stereocenters. The van der Waals surface area contributed by atoms with Gasteiger partial charge in [-0.2, -0.15) is 0 Å². The standard InChI is InChI=1S/C15H21N3O8S/c1-15(2,3)26-14(21)17(10-13(19)20)9-8-16-27(24,25)12-7-5-4-6-11(12)18(22)23/h4-7,16H,8-10H2,1-3H3,(H,19,20). The van der Waals surface area contributed by atoms with Gasteiger partial charge in [-0.1, -0.05) is 12.1 Å². The van der Waals surface area contributed by atoms with Crippen LogP contribution in [-0.2, 0) is 19.6 Å². The van der Waals surface area contributed by atoms with Crippen LogP contribution in [-0.4, -0.2) is 60.6 Å². The van der Waals surface area contributed by atoms with Gasteiger partial charge < -0.3 is 9.84 Å². The maximum absolute atomic E-state index is 12.3. The zero-order chi connectivity index (χ0) is 20.8. The molecule has 0 saturated carbocycles. The van der Waals surface area contributed by atoms with Crippen LogP contribution in [0.4, 0.5) is 10.5 Å². The lowest BCUT2D eigenvalue weighted by atomic mass is 10.2. The molecule has 0 bridgehead atoms. The van der Waals surface area contributed by atoms with Gasteiger partial charge in [-0.05, 0) is 26.8 Å². The van der Waals surface area contributed by atoms with Crippen LogP contribution in [0.1, 0.15) is 20.8 Å². The van der Waals surface area contributed by atoms with Crippen molar-refractivity contribution >= 4 is 27.8 Å². The van der Waals surface area contributed by atoms with E-state index < -0.39 is 49.7 Å². The van der Waals surface area contributed by atoms with Crippen molar-refractivity contribution in [2.45, 2.75) is 31.3 Å². The number of para-hydroxylation sites is 1. The summed E-state index contributed by atoms with van der Waals surface area (Å²) in [7, 11) is -4.24. The number of aliphatic carboxylic acids is 1. The third-order valence-electron chi connectivity index (χ3n) is 3.00. The number of carbonyl (C=O) groups excluding carboxylic acids is 1. The van der Waals surface area contributed by atoms with Crippen molar-refractivity contribution in [2.24, 2.45) is 0 Å². The minimum atomic E-state index is -4.24. The largest absolute Gasteiger partial charge is 0.480 e. The zero-order valence-electron chi connectivity index (χ0n) is 15.0. The van der Waals surface area contributed by atoms with Gasteiger partial charge in [-0.15, -0.1) is 0 Å². The highest BCUT2D eigenvalue weighted by Gasteiger charge is 2.27. The van der Waals surface area contributed by atoms with Crippen LogP contribution in [0.3, 0.4) is 0 Å². The average molecular weight is 403 g/mol. The number of nitrogens with zero attached hydrogens (tertiary/aromatic N) is 2. The molecule has 0 aliphatic heterocycles. The normalized spacial score (nSPS) is 11.7. The maximum Gasteiger partial charge on any atom is 0.410 e. The number of carbonyl (C=O) groups is 2. The summed E-state index contributed by atoms with van der Waals surface area (Å²) in [6.45, 7) is 3.44. The Balaban J connectivity index is 2.86. The Labute approximate surface area is 156 Å². The van der Waals surface area contributed by atoms with E-state index in [0.29, 0.717) is 0 Å². The minimum Gasteiger partial charge on any atom is -0.480 e. The molecule has 0 aliphatic carbocycles. The molecule has 2 N–H and O–H groups in total. The monoisotopic (exact) mass is 403 g/mol. The molecular weight excluding hydrogens is 382 g/mol. The summed E-state index contributed by atoms with van der Waals surface area (Å²) in [5.41, 5.74) is -1.46. The van der Waals surface area contributed by atoms with Gasteiger partial charge in [0, 0.05) is 19.2 Å². The van der Waals surface area contributed by atoms with Crippen molar-refractivity contribution in [1.82, 2.24) is 9.62 Å². The molecule has 27 heavy (non-hydrogen) atoms. The van der Waals surface area contributed by atoms with E-state index in [1.54, 1.807) is 20.8 Å². The Morgan fingerprint density at radius 3 is 2.41 bits per heavy atom. The van der Waals surface area contributed by atoms with Crippen molar-refractivity contribution in [2.75, 3.05) is 19.6 Å². The highest BCUT2D eigenvalue weighted by Crippen LogP contribution is 2.22. The zero-order valence-corrected chi connectivity index (χ0v) is 15.9. The molecule has 0 saturated heterocycles. The lowest BCUT2D eigenvalue weighted by Gasteiger charge is -2.26. The van der Waals surface area contributed by atoms with E-state index >= 15 is 0 Å². The molecule has 1 amide bonds.